The number of benzene rings is 1. The number of para-hydroxylation sites is 1. The highest BCUT2D eigenvalue weighted by atomic mass is 16.1. The maximum absolute atomic E-state index is 12.3. The fraction of sp³-hybridized carbons (Fsp3) is 0.261. The zero-order chi connectivity index (χ0) is 19.2. The molecule has 1 aliphatic rings. The molecule has 142 valence electrons. The van der Waals surface area contributed by atoms with Crippen LogP contribution >= 0.6 is 0 Å². The van der Waals surface area contributed by atoms with Crippen molar-refractivity contribution in [3.05, 3.63) is 72.1 Å². The number of allylic oxidation sites excluding steroid dienone is 1. The molecule has 1 amide bonds. The highest BCUT2D eigenvalue weighted by Crippen LogP contribution is 2.23. The molecule has 3 aromatic rings. The number of anilines is 2. The number of amides is 1. The first-order valence-electron chi connectivity index (χ1n) is 9.82. The Hall–Kier alpha value is -3.21. The van der Waals surface area contributed by atoms with Crippen molar-refractivity contribution < 1.29 is 4.79 Å². The SMILES string of the molecule is O=C(NCCC1=CCCCC1)c1ccc(Nc2cccc3cccnc23)nc1. The molecule has 4 rings (SSSR count). The predicted molar refractivity (Wildman–Crippen MR) is 113 cm³/mol. The second-order valence-electron chi connectivity index (χ2n) is 7.05. The van der Waals surface area contributed by atoms with Crippen LogP contribution in [-0.4, -0.2) is 22.4 Å². The van der Waals surface area contributed by atoms with Crippen LogP contribution in [0.25, 0.3) is 10.9 Å². The molecule has 1 aliphatic carbocycles. The summed E-state index contributed by atoms with van der Waals surface area (Å²) in [5, 5.41) is 7.34. The third kappa shape index (κ3) is 4.36. The maximum atomic E-state index is 12.3. The van der Waals surface area contributed by atoms with Gasteiger partial charge in [0.2, 0.25) is 0 Å². The van der Waals surface area contributed by atoms with Crippen LogP contribution in [0.1, 0.15) is 42.5 Å². The first-order chi connectivity index (χ1) is 13.8. The third-order valence-electron chi connectivity index (χ3n) is 5.04. The molecule has 0 fully saturated rings. The van der Waals surface area contributed by atoms with E-state index in [0.717, 1.165) is 23.0 Å². The van der Waals surface area contributed by atoms with E-state index in [-0.39, 0.29) is 5.91 Å². The Morgan fingerprint density at radius 3 is 2.79 bits per heavy atom. The first kappa shape index (κ1) is 18.2. The Morgan fingerprint density at radius 1 is 1.04 bits per heavy atom. The van der Waals surface area contributed by atoms with Crippen LogP contribution < -0.4 is 10.6 Å². The first-order valence-corrected chi connectivity index (χ1v) is 9.82. The molecule has 0 spiro atoms. The number of hydrogen-bond donors (Lipinski definition) is 2. The van der Waals surface area contributed by atoms with Gasteiger partial charge in [-0.1, -0.05) is 29.8 Å². The maximum Gasteiger partial charge on any atom is 0.252 e. The third-order valence-corrected chi connectivity index (χ3v) is 5.04. The molecule has 28 heavy (non-hydrogen) atoms. The molecular formula is C23H24N4O. The fourth-order valence-electron chi connectivity index (χ4n) is 3.52. The minimum absolute atomic E-state index is 0.0812. The lowest BCUT2D eigenvalue weighted by Crippen LogP contribution is -2.25. The summed E-state index contributed by atoms with van der Waals surface area (Å²) in [5.41, 5.74) is 3.82. The minimum atomic E-state index is -0.0812. The van der Waals surface area contributed by atoms with Crippen LogP contribution in [0, 0.1) is 0 Å². The van der Waals surface area contributed by atoms with Crippen molar-refractivity contribution in [2.75, 3.05) is 11.9 Å². The smallest absolute Gasteiger partial charge is 0.252 e. The quantitative estimate of drug-likeness (QED) is 0.598. The second kappa shape index (κ2) is 8.65. The standard InChI is InChI=1S/C23H24N4O/c28-23(25-15-13-17-6-2-1-3-7-17)19-11-12-21(26-16-19)27-20-10-4-8-18-9-5-14-24-22(18)20/h4-6,8-12,14,16H,1-3,7,13,15H2,(H,25,28)(H,26,27). The monoisotopic (exact) mass is 372 g/mol. The summed E-state index contributed by atoms with van der Waals surface area (Å²) in [5.74, 6) is 0.601. The van der Waals surface area contributed by atoms with Crippen LogP contribution in [-0.2, 0) is 0 Å². The van der Waals surface area contributed by atoms with E-state index in [1.54, 1.807) is 18.5 Å². The van der Waals surface area contributed by atoms with E-state index >= 15 is 0 Å². The number of carbonyl (C=O) groups excluding carboxylic acids is 1. The van der Waals surface area contributed by atoms with E-state index in [4.69, 9.17) is 0 Å². The van der Waals surface area contributed by atoms with Crippen LogP contribution in [0.2, 0.25) is 0 Å². The molecule has 0 saturated carbocycles. The number of aromatic nitrogens is 2. The Balaban J connectivity index is 1.36. The average molecular weight is 372 g/mol. The summed E-state index contributed by atoms with van der Waals surface area (Å²) in [6.45, 7) is 0.673. The summed E-state index contributed by atoms with van der Waals surface area (Å²) >= 11 is 0. The van der Waals surface area contributed by atoms with Crippen molar-refractivity contribution in [1.29, 1.82) is 0 Å². The zero-order valence-electron chi connectivity index (χ0n) is 15.8. The predicted octanol–water partition coefficient (Wildman–Crippen LogP) is 4.99. The molecule has 2 N–H and O–H groups in total. The Labute approximate surface area is 164 Å². The van der Waals surface area contributed by atoms with Crippen LogP contribution in [0.5, 0.6) is 0 Å². The van der Waals surface area contributed by atoms with E-state index in [2.05, 4.69) is 26.7 Å². The van der Waals surface area contributed by atoms with Gasteiger partial charge in [0, 0.05) is 24.3 Å². The molecule has 5 nitrogen and oxygen atoms in total. The van der Waals surface area contributed by atoms with Gasteiger partial charge in [0.25, 0.3) is 5.91 Å². The van der Waals surface area contributed by atoms with Gasteiger partial charge in [-0.05, 0) is 56.4 Å². The number of rotatable bonds is 6. The molecule has 0 saturated heterocycles. The summed E-state index contributed by atoms with van der Waals surface area (Å²) in [6.07, 6.45) is 11.5. The van der Waals surface area contributed by atoms with Crippen molar-refractivity contribution in [1.82, 2.24) is 15.3 Å². The van der Waals surface area contributed by atoms with Crippen LogP contribution in [0.15, 0.2) is 66.5 Å². The molecule has 0 atom stereocenters. The van der Waals surface area contributed by atoms with Crippen molar-refractivity contribution in [2.45, 2.75) is 32.1 Å². The molecule has 0 bridgehead atoms. The van der Waals surface area contributed by atoms with E-state index in [0.29, 0.717) is 17.9 Å². The van der Waals surface area contributed by atoms with Gasteiger partial charge in [0.15, 0.2) is 0 Å². The number of nitrogens with zero attached hydrogens (tertiary/aromatic N) is 2. The number of pyridine rings is 2. The minimum Gasteiger partial charge on any atom is -0.352 e. The second-order valence-corrected chi connectivity index (χ2v) is 7.05. The number of nitrogens with one attached hydrogen (secondary N) is 2. The lowest BCUT2D eigenvalue weighted by molar-refractivity contribution is 0.0953. The molecule has 5 heteroatoms. The largest absolute Gasteiger partial charge is 0.352 e. The number of fused-ring (bicyclic) bond motifs is 1. The van der Waals surface area contributed by atoms with E-state index in [1.807, 2.05) is 36.4 Å². The van der Waals surface area contributed by atoms with Gasteiger partial charge >= 0.3 is 0 Å². The summed E-state index contributed by atoms with van der Waals surface area (Å²) in [7, 11) is 0. The van der Waals surface area contributed by atoms with E-state index in [9.17, 15) is 4.79 Å². The Kier molecular flexibility index (Phi) is 5.61. The average Bonchev–Trinajstić information content (AvgIpc) is 2.75. The summed E-state index contributed by atoms with van der Waals surface area (Å²) < 4.78 is 0. The van der Waals surface area contributed by atoms with Crippen LogP contribution in [0.3, 0.4) is 0 Å². The fourth-order valence-corrected chi connectivity index (χ4v) is 3.52. The Bertz CT molecular complexity index is 990. The van der Waals surface area contributed by atoms with Crippen molar-refractivity contribution in [2.24, 2.45) is 0 Å². The number of hydrogen-bond acceptors (Lipinski definition) is 4. The van der Waals surface area contributed by atoms with Gasteiger partial charge in [-0.2, -0.15) is 0 Å². The van der Waals surface area contributed by atoms with E-state index in [1.165, 1.54) is 31.3 Å². The highest BCUT2D eigenvalue weighted by Gasteiger charge is 2.08. The van der Waals surface area contributed by atoms with Gasteiger partial charge in [-0.25, -0.2) is 4.98 Å². The van der Waals surface area contributed by atoms with Crippen molar-refractivity contribution in [3.63, 3.8) is 0 Å². The molecule has 1 aromatic carbocycles. The lowest BCUT2D eigenvalue weighted by Gasteiger charge is -2.13. The molecule has 0 radical (unpaired) electrons. The molecule has 0 unspecified atom stereocenters. The topological polar surface area (TPSA) is 66.9 Å². The van der Waals surface area contributed by atoms with Gasteiger partial charge in [0.1, 0.15) is 5.82 Å². The molecule has 2 aromatic heterocycles. The van der Waals surface area contributed by atoms with Gasteiger partial charge in [-0.15, -0.1) is 0 Å². The zero-order valence-corrected chi connectivity index (χ0v) is 15.8. The molecule has 0 aliphatic heterocycles. The molecular weight excluding hydrogens is 348 g/mol. The summed E-state index contributed by atoms with van der Waals surface area (Å²) in [4.78, 5) is 21.2. The van der Waals surface area contributed by atoms with Crippen molar-refractivity contribution in [3.8, 4) is 0 Å². The van der Waals surface area contributed by atoms with Gasteiger partial charge in [-0.3, -0.25) is 9.78 Å². The molecule has 2 heterocycles. The van der Waals surface area contributed by atoms with E-state index < -0.39 is 0 Å². The van der Waals surface area contributed by atoms with Gasteiger partial charge < -0.3 is 10.6 Å². The Morgan fingerprint density at radius 2 is 1.96 bits per heavy atom. The lowest BCUT2D eigenvalue weighted by atomic mass is 9.97. The summed E-state index contributed by atoms with van der Waals surface area (Å²) in [6, 6.07) is 13.5. The normalized spacial score (nSPS) is 13.8. The van der Waals surface area contributed by atoms with Crippen molar-refractivity contribution >= 4 is 28.3 Å². The highest BCUT2D eigenvalue weighted by molar-refractivity contribution is 5.94. The van der Waals surface area contributed by atoms with Gasteiger partial charge in [0.05, 0.1) is 16.8 Å². The number of carbonyl (C=O) groups is 1. The van der Waals surface area contributed by atoms with Crippen LogP contribution in [0.4, 0.5) is 11.5 Å².